The van der Waals surface area contributed by atoms with Crippen molar-refractivity contribution in [3.8, 4) is 0 Å². The number of halogens is 1. The van der Waals surface area contributed by atoms with Crippen LogP contribution in [0, 0.1) is 5.41 Å². The lowest BCUT2D eigenvalue weighted by atomic mass is 9.78. The van der Waals surface area contributed by atoms with E-state index < -0.39 is 10.0 Å². The third-order valence-electron chi connectivity index (χ3n) is 4.12. The minimum Gasteiger partial charge on any atom is -0.356 e. The van der Waals surface area contributed by atoms with Crippen LogP contribution in [0.2, 0.25) is 0 Å². The van der Waals surface area contributed by atoms with Crippen LogP contribution in [0.25, 0.3) is 0 Å². The number of nitrogens with zero attached hydrogens (tertiary/aromatic N) is 1. The maximum absolute atomic E-state index is 12.5. The Bertz CT molecular complexity index is 633. The maximum atomic E-state index is 12.5. The van der Waals surface area contributed by atoms with E-state index in [0.717, 1.165) is 16.6 Å². The molecule has 2 aliphatic rings. The van der Waals surface area contributed by atoms with Gasteiger partial charge in [-0.3, -0.25) is 4.79 Å². The van der Waals surface area contributed by atoms with Gasteiger partial charge in [-0.05, 0) is 46.3 Å². The van der Waals surface area contributed by atoms with Crippen LogP contribution < -0.4 is 5.32 Å². The minimum atomic E-state index is -3.38. The van der Waals surface area contributed by atoms with Crippen molar-refractivity contribution in [2.75, 3.05) is 19.6 Å². The molecule has 5 nitrogen and oxygen atoms in total. The zero-order valence-corrected chi connectivity index (χ0v) is 14.0. The molecule has 20 heavy (non-hydrogen) atoms. The van der Waals surface area contributed by atoms with Crippen molar-refractivity contribution in [3.63, 3.8) is 0 Å². The first-order valence-electron chi connectivity index (χ1n) is 6.44. The van der Waals surface area contributed by atoms with Crippen molar-refractivity contribution < 1.29 is 13.2 Å². The van der Waals surface area contributed by atoms with Crippen LogP contribution in [-0.4, -0.2) is 38.3 Å². The van der Waals surface area contributed by atoms with Gasteiger partial charge in [0.15, 0.2) is 0 Å². The van der Waals surface area contributed by atoms with Gasteiger partial charge in [0.1, 0.15) is 4.21 Å². The molecule has 0 aliphatic carbocycles. The average molecular weight is 379 g/mol. The number of nitrogens with one attached hydrogen (secondary N) is 1. The molecule has 1 aromatic heterocycles. The highest BCUT2D eigenvalue weighted by Crippen LogP contribution is 2.39. The van der Waals surface area contributed by atoms with E-state index in [1.807, 2.05) is 0 Å². The summed E-state index contributed by atoms with van der Waals surface area (Å²) in [5.74, 6) is 0.0866. The van der Waals surface area contributed by atoms with Crippen LogP contribution in [0.15, 0.2) is 20.1 Å². The van der Waals surface area contributed by atoms with E-state index in [9.17, 15) is 13.2 Å². The van der Waals surface area contributed by atoms with Crippen LogP contribution in [0.5, 0.6) is 0 Å². The Morgan fingerprint density at radius 1 is 1.30 bits per heavy atom. The molecule has 1 amide bonds. The van der Waals surface area contributed by atoms with Crippen LogP contribution in [0.3, 0.4) is 0 Å². The second-order valence-corrected chi connectivity index (χ2v) is 10.0. The first-order chi connectivity index (χ1) is 9.41. The Morgan fingerprint density at radius 3 is 2.50 bits per heavy atom. The highest BCUT2D eigenvalue weighted by Gasteiger charge is 2.43. The molecule has 0 atom stereocenters. The van der Waals surface area contributed by atoms with Gasteiger partial charge in [0, 0.05) is 26.1 Å². The molecule has 2 saturated heterocycles. The number of piperidine rings is 1. The monoisotopic (exact) mass is 378 g/mol. The van der Waals surface area contributed by atoms with Gasteiger partial charge in [0.2, 0.25) is 5.91 Å². The van der Waals surface area contributed by atoms with E-state index in [2.05, 4.69) is 21.2 Å². The fraction of sp³-hybridized carbons (Fsp3) is 0.583. The number of carbonyl (C=O) groups excluding carboxylic acids is 1. The zero-order valence-electron chi connectivity index (χ0n) is 10.8. The van der Waals surface area contributed by atoms with Gasteiger partial charge in [-0.25, -0.2) is 8.42 Å². The fourth-order valence-corrected chi connectivity index (χ4v) is 6.48. The first-order valence-corrected chi connectivity index (χ1v) is 9.49. The van der Waals surface area contributed by atoms with Crippen LogP contribution in [0.1, 0.15) is 19.3 Å². The molecule has 1 N–H and O–H groups in total. The normalized spacial score (nSPS) is 23.1. The van der Waals surface area contributed by atoms with Gasteiger partial charge in [-0.15, -0.1) is 11.3 Å². The first kappa shape index (κ1) is 14.5. The number of thiophene rings is 1. The SMILES string of the molecule is O=C1CC2(CCN(S(=O)(=O)c3ccc(Br)s3)CC2)CN1. The lowest BCUT2D eigenvalue weighted by molar-refractivity contribution is -0.119. The number of rotatable bonds is 2. The molecule has 3 heterocycles. The lowest BCUT2D eigenvalue weighted by Gasteiger charge is -2.37. The summed E-state index contributed by atoms with van der Waals surface area (Å²) in [6, 6.07) is 3.39. The predicted molar refractivity (Wildman–Crippen MR) is 80.1 cm³/mol. The van der Waals surface area contributed by atoms with Crippen LogP contribution >= 0.6 is 27.3 Å². The lowest BCUT2D eigenvalue weighted by Crippen LogP contribution is -2.43. The molecule has 2 aliphatic heterocycles. The molecule has 3 rings (SSSR count). The molecule has 0 aromatic carbocycles. The molecule has 0 saturated carbocycles. The number of amides is 1. The largest absolute Gasteiger partial charge is 0.356 e. The van der Waals surface area contributed by atoms with E-state index in [4.69, 9.17) is 0 Å². The summed E-state index contributed by atoms with van der Waals surface area (Å²) < 4.78 is 27.7. The molecule has 8 heteroatoms. The maximum Gasteiger partial charge on any atom is 0.252 e. The summed E-state index contributed by atoms with van der Waals surface area (Å²) in [6.45, 7) is 1.67. The van der Waals surface area contributed by atoms with Gasteiger partial charge in [0.05, 0.1) is 3.79 Å². The second kappa shape index (κ2) is 5.08. The van der Waals surface area contributed by atoms with Crippen LogP contribution in [-0.2, 0) is 14.8 Å². The number of sulfonamides is 1. The summed E-state index contributed by atoms with van der Waals surface area (Å²) in [5.41, 5.74) is -0.0286. The molecule has 0 radical (unpaired) electrons. The average Bonchev–Trinajstić information content (AvgIpc) is 2.98. The van der Waals surface area contributed by atoms with E-state index in [1.54, 1.807) is 16.4 Å². The molecule has 2 fully saturated rings. The predicted octanol–water partition coefficient (Wildman–Crippen LogP) is 1.80. The van der Waals surface area contributed by atoms with Crippen molar-refractivity contribution in [1.82, 2.24) is 9.62 Å². The Hall–Kier alpha value is -0.440. The summed E-state index contributed by atoms with van der Waals surface area (Å²) in [7, 11) is -3.38. The van der Waals surface area contributed by atoms with Gasteiger partial charge < -0.3 is 5.32 Å². The summed E-state index contributed by atoms with van der Waals surface area (Å²) in [4.78, 5) is 11.4. The van der Waals surface area contributed by atoms with E-state index in [-0.39, 0.29) is 11.3 Å². The Balaban J connectivity index is 1.73. The van der Waals surface area contributed by atoms with Crippen molar-refractivity contribution in [3.05, 3.63) is 15.9 Å². The summed E-state index contributed by atoms with van der Waals surface area (Å²) in [6.07, 6.45) is 2.03. The van der Waals surface area contributed by atoms with Crippen molar-refractivity contribution in [1.29, 1.82) is 0 Å². The number of carbonyl (C=O) groups is 1. The fourth-order valence-electron chi connectivity index (χ4n) is 2.87. The van der Waals surface area contributed by atoms with E-state index >= 15 is 0 Å². The van der Waals surface area contributed by atoms with Crippen molar-refractivity contribution in [2.24, 2.45) is 5.41 Å². The molecule has 110 valence electrons. The van der Waals surface area contributed by atoms with Crippen molar-refractivity contribution in [2.45, 2.75) is 23.5 Å². The van der Waals surface area contributed by atoms with Crippen molar-refractivity contribution >= 4 is 43.2 Å². The highest BCUT2D eigenvalue weighted by atomic mass is 79.9. The molecule has 0 unspecified atom stereocenters. The van der Waals surface area contributed by atoms with Gasteiger partial charge in [-0.2, -0.15) is 4.31 Å². The molecule has 1 aromatic rings. The Labute approximate surface area is 130 Å². The third-order valence-corrected chi connectivity index (χ3v) is 8.11. The minimum absolute atomic E-state index is 0.0286. The summed E-state index contributed by atoms with van der Waals surface area (Å²) in [5, 5.41) is 2.86. The van der Waals surface area contributed by atoms with Gasteiger partial charge in [-0.1, -0.05) is 0 Å². The topological polar surface area (TPSA) is 66.5 Å². The number of hydrogen-bond acceptors (Lipinski definition) is 4. The Kier molecular flexibility index (Phi) is 3.68. The second-order valence-electron chi connectivity index (χ2n) is 5.42. The standard InChI is InChI=1S/C12H15BrN2O3S2/c13-9-1-2-11(19-9)20(17,18)15-5-3-12(4-6-15)7-10(16)14-8-12/h1-2H,3-8H2,(H,14,16). The smallest absolute Gasteiger partial charge is 0.252 e. The van der Waals surface area contributed by atoms with E-state index in [0.29, 0.717) is 30.3 Å². The van der Waals surface area contributed by atoms with E-state index in [1.165, 1.54) is 11.3 Å². The molecular formula is C12H15BrN2O3S2. The van der Waals surface area contributed by atoms with Gasteiger partial charge in [0.25, 0.3) is 10.0 Å². The molecule has 1 spiro atoms. The summed E-state index contributed by atoms with van der Waals surface area (Å²) >= 11 is 4.53. The number of hydrogen-bond donors (Lipinski definition) is 1. The third kappa shape index (κ3) is 2.54. The zero-order chi connectivity index (χ0) is 14.4. The highest BCUT2D eigenvalue weighted by molar-refractivity contribution is 9.11. The Morgan fingerprint density at radius 2 is 2.00 bits per heavy atom. The van der Waals surface area contributed by atoms with Crippen LogP contribution in [0.4, 0.5) is 0 Å². The van der Waals surface area contributed by atoms with Gasteiger partial charge >= 0.3 is 0 Å². The molecule has 0 bridgehead atoms. The quantitative estimate of drug-likeness (QED) is 0.852. The molecular weight excluding hydrogens is 364 g/mol.